The van der Waals surface area contributed by atoms with Gasteiger partial charge in [0.15, 0.2) is 23.1 Å². The Bertz CT molecular complexity index is 1660. The summed E-state index contributed by atoms with van der Waals surface area (Å²) in [5, 5.41) is 0. The minimum Gasteiger partial charge on any atom is -0.493 e. The van der Waals surface area contributed by atoms with E-state index < -0.39 is 5.92 Å². The van der Waals surface area contributed by atoms with E-state index in [1.807, 2.05) is 30.3 Å². The first kappa shape index (κ1) is 31.3. The zero-order valence-corrected chi connectivity index (χ0v) is 28.7. The van der Waals surface area contributed by atoms with E-state index in [0.29, 0.717) is 37.5 Å². The molecule has 0 aromatic heterocycles. The summed E-state index contributed by atoms with van der Waals surface area (Å²) >= 11 is 3.77. The number of benzene rings is 3. The Kier molecular flexibility index (Phi) is 8.32. The second-order valence-corrected chi connectivity index (χ2v) is 15.3. The first-order valence-corrected chi connectivity index (χ1v) is 16.5. The maximum atomic E-state index is 14.2. The third-order valence-electron chi connectivity index (χ3n) is 9.29. The highest BCUT2D eigenvalue weighted by molar-refractivity contribution is 9.10. The number of rotatable bonds is 7. The van der Waals surface area contributed by atoms with Crippen molar-refractivity contribution in [1.82, 2.24) is 4.90 Å². The van der Waals surface area contributed by atoms with Gasteiger partial charge in [0, 0.05) is 47.8 Å². The van der Waals surface area contributed by atoms with Crippen LogP contribution in [0.15, 0.2) is 93.7 Å². The molecule has 3 aromatic carbocycles. The molecule has 0 saturated carbocycles. The number of aryl methyl sites for hydroxylation is 1. The second-order valence-electron chi connectivity index (χ2n) is 14.4. The fourth-order valence-corrected chi connectivity index (χ4v) is 7.80. The van der Waals surface area contributed by atoms with Gasteiger partial charge in [-0.2, -0.15) is 0 Å². The zero-order valence-electron chi connectivity index (χ0n) is 27.1. The summed E-state index contributed by atoms with van der Waals surface area (Å²) in [6, 6.07) is 22.6. The Balaban J connectivity index is 1.50. The van der Waals surface area contributed by atoms with Crippen molar-refractivity contribution in [2.24, 2.45) is 10.8 Å². The average Bonchev–Trinajstić information content (AvgIpc) is 2.97. The number of allylic oxidation sites excluding steroid dienone is 4. The van der Waals surface area contributed by atoms with Gasteiger partial charge in [-0.05, 0) is 75.3 Å². The van der Waals surface area contributed by atoms with Gasteiger partial charge in [-0.1, -0.05) is 87.9 Å². The minimum absolute atomic E-state index is 0.114. The standard InChI is InChI=1S/C39H42BrNO4/c1-24-12-14-26(15-13-24)23-45-37-28(40)16-27(17-33(37)44-6)34-35-29(18-38(2,3)20-31(35)42)41(22-25-10-8-7-9-11-25)30-19-39(4,5)21-32(43)36(30)34/h7-17,34H,18-23H2,1-6H3. The van der Waals surface area contributed by atoms with Crippen LogP contribution in [0.4, 0.5) is 0 Å². The van der Waals surface area contributed by atoms with Gasteiger partial charge in [0.2, 0.25) is 0 Å². The lowest BCUT2D eigenvalue weighted by atomic mass is 9.63. The van der Waals surface area contributed by atoms with Crippen molar-refractivity contribution >= 4 is 27.5 Å². The van der Waals surface area contributed by atoms with Crippen LogP contribution >= 0.6 is 15.9 Å². The summed E-state index contributed by atoms with van der Waals surface area (Å²) in [5.74, 6) is 0.922. The van der Waals surface area contributed by atoms with Crippen molar-refractivity contribution in [1.29, 1.82) is 0 Å². The molecule has 3 aromatic rings. The molecule has 0 saturated heterocycles. The molecule has 0 spiro atoms. The Morgan fingerprint density at radius 2 is 1.38 bits per heavy atom. The van der Waals surface area contributed by atoms with E-state index in [9.17, 15) is 9.59 Å². The van der Waals surface area contributed by atoms with Crippen LogP contribution in [0, 0.1) is 17.8 Å². The van der Waals surface area contributed by atoms with E-state index in [1.165, 1.54) is 5.56 Å². The molecule has 3 aliphatic rings. The van der Waals surface area contributed by atoms with Crippen LogP contribution in [0.25, 0.3) is 0 Å². The van der Waals surface area contributed by atoms with Gasteiger partial charge in [0.1, 0.15) is 6.61 Å². The number of nitrogens with zero attached hydrogens (tertiary/aromatic N) is 1. The van der Waals surface area contributed by atoms with E-state index in [1.54, 1.807) is 7.11 Å². The minimum atomic E-state index is -0.467. The third kappa shape index (κ3) is 6.27. The number of hydrogen-bond acceptors (Lipinski definition) is 5. The van der Waals surface area contributed by atoms with Gasteiger partial charge in [-0.15, -0.1) is 0 Å². The molecule has 45 heavy (non-hydrogen) atoms. The van der Waals surface area contributed by atoms with Gasteiger partial charge >= 0.3 is 0 Å². The van der Waals surface area contributed by atoms with Crippen molar-refractivity contribution in [3.8, 4) is 11.5 Å². The largest absolute Gasteiger partial charge is 0.493 e. The number of ketones is 2. The fourth-order valence-electron chi connectivity index (χ4n) is 7.22. The van der Waals surface area contributed by atoms with Crippen molar-refractivity contribution in [3.63, 3.8) is 0 Å². The highest BCUT2D eigenvalue weighted by Crippen LogP contribution is 2.55. The molecular formula is C39H42BrNO4. The van der Waals surface area contributed by atoms with Crippen LogP contribution in [-0.4, -0.2) is 23.6 Å². The number of methoxy groups -OCH3 is 1. The normalized spacial score (nSPS) is 19.4. The number of hydrogen-bond donors (Lipinski definition) is 0. The van der Waals surface area contributed by atoms with E-state index in [4.69, 9.17) is 9.47 Å². The highest BCUT2D eigenvalue weighted by atomic mass is 79.9. The maximum Gasteiger partial charge on any atom is 0.175 e. The lowest BCUT2D eigenvalue weighted by Crippen LogP contribution is -2.44. The molecule has 0 atom stereocenters. The second kappa shape index (κ2) is 11.9. The number of carbonyl (C=O) groups is 2. The SMILES string of the molecule is COc1cc(C2C3=C(CC(C)(C)CC3=O)N(Cc3ccccc3)C3=C2C(=O)CC(C)(C)C3)cc(Br)c1OCc1ccc(C)cc1. The molecule has 1 aliphatic heterocycles. The number of halogens is 1. The predicted octanol–water partition coefficient (Wildman–Crippen LogP) is 9.23. The van der Waals surface area contributed by atoms with Crippen LogP contribution in [-0.2, 0) is 22.7 Å². The monoisotopic (exact) mass is 667 g/mol. The molecule has 6 rings (SSSR count). The van der Waals surface area contributed by atoms with Gasteiger partial charge in [0.25, 0.3) is 0 Å². The summed E-state index contributed by atoms with van der Waals surface area (Å²) in [6.45, 7) is 11.8. The molecule has 0 radical (unpaired) electrons. The van der Waals surface area contributed by atoms with Crippen LogP contribution in [0.5, 0.6) is 11.5 Å². The Morgan fingerprint density at radius 1 is 0.800 bits per heavy atom. The van der Waals surface area contributed by atoms with Crippen molar-refractivity contribution < 1.29 is 19.1 Å². The predicted molar refractivity (Wildman–Crippen MR) is 181 cm³/mol. The molecular weight excluding hydrogens is 626 g/mol. The van der Waals surface area contributed by atoms with Crippen molar-refractivity contribution in [2.45, 2.75) is 79.4 Å². The van der Waals surface area contributed by atoms with Crippen LogP contribution < -0.4 is 9.47 Å². The molecule has 0 fully saturated rings. The first-order valence-electron chi connectivity index (χ1n) is 15.8. The summed E-state index contributed by atoms with van der Waals surface area (Å²) in [4.78, 5) is 30.8. The molecule has 0 N–H and O–H groups in total. The molecule has 1 heterocycles. The summed E-state index contributed by atoms with van der Waals surface area (Å²) < 4.78 is 12.9. The lowest BCUT2D eigenvalue weighted by Gasteiger charge is -2.49. The molecule has 0 bridgehead atoms. The number of Topliss-reactive ketones (excluding diaryl/α,β-unsaturated/α-hetero) is 2. The molecule has 2 aliphatic carbocycles. The zero-order chi connectivity index (χ0) is 32.1. The quantitative estimate of drug-likeness (QED) is 0.251. The maximum absolute atomic E-state index is 14.2. The molecule has 5 nitrogen and oxygen atoms in total. The molecule has 6 heteroatoms. The van der Waals surface area contributed by atoms with Gasteiger partial charge < -0.3 is 14.4 Å². The molecule has 234 valence electrons. The Labute approximate surface area is 275 Å². The summed E-state index contributed by atoms with van der Waals surface area (Å²) in [5.41, 5.74) is 7.48. The van der Waals surface area contributed by atoms with E-state index in [-0.39, 0.29) is 22.4 Å². The molecule has 0 amide bonds. The lowest BCUT2D eigenvalue weighted by molar-refractivity contribution is -0.119. The Hall–Kier alpha value is -3.64. The van der Waals surface area contributed by atoms with Crippen LogP contribution in [0.2, 0.25) is 0 Å². The number of ether oxygens (including phenoxy) is 2. The van der Waals surface area contributed by atoms with E-state index in [0.717, 1.165) is 56.5 Å². The van der Waals surface area contributed by atoms with Crippen molar-refractivity contribution in [2.75, 3.05) is 7.11 Å². The highest BCUT2D eigenvalue weighted by Gasteiger charge is 2.49. The topological polar surface area (TPSA) is 55.8 Å². The molecule has 0 unspecified atom stereocenters. The van der Waals surface area contributed by atoms with E-state index in [2.05, 4.69) is 91.8 Å². The first-order chi connectivity index (χ1) is 21.4. The fraction of sp³-hybridized carbons (Fsp3) is 0.385. The van der Waals surface area contributed by atoms with E-state index >= 15 is 0 Å². The number of carbonyl (C=O) groups excluding carboxylic acids is 2. The Morgan fingerprint density at radius 3 is 1.93 bits per heavy atom. The van der Waals surface area contributed by atoms with Crippen molar-refractivity contribution in [3.05, 3.63) is 116 Å². The van der Waals surface area contributed by atoms with Crippen LogP contribution in [0.3, 0.4) is 0 Å². The summed E-state index contributed by atoms with van der Waals surface area (Å²) in [7, 11) is 1.63. The van der Waals surface area contributed by atoms with Gasteiger partial charge in [-0.25, -0.2) is 0 Å². The van der Waals surface area contributed by atoms with Gasteiger partial charge in [-0.3, -0.25) is 9.59 Å². The average molecular weight is 669 g/mol. The summed E-state index contributed by atoms with van der Waals surface area (Å²) in [6.07, 6.45) is 2.41. The van der Waals surface area contributed by atoms with Crippen LogP contribution in [0.1, 0.15) is 81.5 Å². The smallest absolute Gasteiger partial charge is 0.175 e. The van der Waals surface area contributed by atoms with Gasteiger partial charge in [0.05, 0.1) is 11.6 Å². The third-order valence-corrected chi connectivity index (χ3v) is 9.88.